The van der Waals surface area contributed by atoms with Gasteiger partial charge in [-0.15, -0.1) is 0 Å². The van der Waals surface area contributed by atoms with E-state index in [9.17, 15) is 22.6 Å². The van der Waals surface area contributed by atoms with E-state index in [4.69, 9.17) is 5.73 Å². The molecule has 7 nitrogen and oxygen atoms in total. The summed E-state index contributed by atoms with van der Waals surface area (Å²) in [6.45, 7) is 10.00. The van der Waals surface area contributed by atoms with Crippen LogP contribution in [0.4, 0.5) is 17.1 Å². The minimum atomic E-state index is -4.78. The zero-order chi connectivity index (χ0) is 25.1. The number of rotatable bonds is 4. The van der Waals surface area contributed by atoms with Crippen molar-refractivity contribution >= 4 is 38.7 Å². The number of ketones is 2. The van der Waals surface area contributed by atoms with Crippen LogP contribution in [-0.4, -0.2) is 24.5 Å². The maximum Gasteiger partial charge on any atom is 0.296 e. The zero-order valence-electron chi connectivity index (χ0n) is 19.7. The van der Waals surface area contributed by atoms with E-state index >= 15 is 0 Å². The van der Waals surface area contributed by atoms with Gasteiger partial charge in [-0.25, -0.2) is 0 Å². The molecule has 0 aromatic heterocycles. The number of benzene rings is 3. The van der Waals surface area contributed by atoms with Crippen molar-refractivity contribution in [3.8, 4) is 0 Å². The first kappa shape index (κ1) is 23.7. The monoisotopic (exact) mass is 478 g/mol. The molecule has 0 heterocycles. The molecule has 0 aliphatic heterocycles. The van der Waals surface area contributed by atoms with Gasteiger partial charge < -0.3 is 11.1 Å². The number of carbonyl (C=O) groups excluding carboxylic acids is 2. The van der Waals surface area contributed by atoms with Crippen molar-refractivity contribution in [2.75, 3.05) is 11.1 Å². The minimum absolute atomic E-state index is 0.0105. The molecule has 176 valence electrons. The van der Waals surface area contributed by atoms with Gasteiger partial charge in [0.15, 0.2) is 11.6 Å². The van der Waals surface area contributed by atoms with E-state index < -0.39 is 32.3 Å². The van der Waals surface area contributed by atoms with E-state index in [1.165, 1.54) is 11.6 Å². The van der Waals surface area contributed by atoms with Crippen LogP contribution >= 0.6 is 0 Å². The molecule has 0 radical (unpaired) electrons. The van der Waals surface area contributed by atoms with Gasteiger partial charge in [-0.2, -0.15) is 8.42 Å². The van der Waals surface area contributed by atoms with Gasteiger partial charge in [-0.1, -0.05) is 31.2 Å². The average Bonchev–Trinajstić information content (AvgIpc) is 2.79. The van der Waals surface area contributed by atoms with Crippen molar-refractivity contribution in [2.45, 2.75) is 45.9 Å². The SMILES string of the molecule is CCc1c(C)c(C)c(C)c(Nc2cc(S(=O)(=O)O)c(N)c3c2C(=O)c2ccccc2C3=O)c1C. The lowest BCUT2D eigenvalue weighted by Gasteiger charge is -2.26. The molecular weight excluding hydrogens is 452 g/mol. The Labute approximate surface area is 198 Å². The fraction of sp³-hybridized carbons (Fsp3) is 0.231. The molecule has 0 bridgehead atoms. The van der Waals surface area contributed by atoms with Gasteiger partial charge in [0.1, 0.15) is 4.90 Å². The fourth-order valence-corrected chi connectivity index (χ4v) is 5.51. The van der Waals surface area contributed by atoms with Crippen LogP contribution in [0.5, 0.6) is 0 Å². The summed E-state index contributed by atoms with van der Waals surface area (Å²) in [5.41, 5.74) is 11.8. The van der Waals surface area contributed by atoms with Crippen molar-refractivity contribution in [1.82, 2.24) is 0 Å². The Kier molecular flexibility index (Phi) is 5.62. The molecule has 0 spiro atoms. The molecule has 0 saturated heterocycles. The van der Waals surface area contributed by atoms with Crippen molar-refractivity contribution in [1.29, 1.82) is 0 Å². The van der Waals surface area contributed by atoms with Gasteiger partial charge in [0, 0.05) is 16.8 Å². The maximum atomic E-state index is 13.5. The number of nitrogens with one attached hydrogen (secondary N) is 1. The Morgan fingerprint density at radius 2 is 1.44 bits per heavy atom. The number of anilines is 3. The van der Waals surface area contributed by atoms with Crippen LogP contribution in [0.3, 0.4) is 0 Å². The van der Waals surface area contributed by atoms with Crippen LogP contribution in [0.25, 0.3) is 0 Å². The Balaban J connectivity index is 2.07. The van der Waals surface area contributed by atoms with Gasteiger partial charge in [0.25, 0.3) is 10.1 Å². The lowest BCUT2D eigenvalue weighted by Crippen LogP contribution is -2.25. The predicted molar refractivity (Wildman–Crippen MR) is 132 cm³/mol. The van der Waals surface area contributed by atoms with Crippen molar-refractivity contribution in [3.63, 3.8) is 0 Å². The van der Waals surface area contributed by atoms with E-state index in [0.29, 0.717) is 5.69 Å². The van der Waals surface area contributed by atoms with Crippen LogP contribution in [0, 0.1) is 27.7 Å². The zero-order valence-corrected chi connectivity index (χ0v) is 20.5. The smallest absolute Gasteiger partial charge is 0.296 e. The van der Waals surface area contributed by atoms with Crippen LogP contribution in [0.1, 0.15) is 66.6 Å². The average molecular weight is 479 g/mol. The molecule has 3 aromatic rings. The summed E-state index contributed by atoms with van der Waals surface area (Å²) in [4.78, 5) is 26.3. The van der Waals surface area contributed by atoms with Gasteiger partial charge >= 0.3 is 0 Å². The summed E-state index contributed by atoms with van der Waals surface area (Å²) < 4.78 is 34.2. The van der Waals surface area contributed by atoms with Gasteiger partial charge in [0.05, 0.1) is 22.5 Å². The first-order valence-electron chi connectivity index (χ1n) is 10.9. The molecule has 0 atom stereocenters. The third-order valence-electron chi connectivity index (χ3n) is 6.87. The molecule has 8 heteroatoms. The maximum absolute atomic E-state index is 13.5. The standard InChI is InChI=1S/C26H26N2O5S/c1-6-16-13(3)12(2)14(4)24(15(16)5)28-19-11-20(34(31,32)33)23(27)22-21(19)25(29)17-9-7-8-10-18(17)26(22)30/h7-11,28H,6,27H2,1-5H3,(H,31,32,33). The first-order valence-corrected chi connectivity index (χ1v) is 12.3. The van der Waals surface area contributed by atoms with E-state index in [1.54, 1.807) is 18.2 Å². The van der Waals surface area contributed by atoms with Crippen molar-refractivity contribution in [3.05, 3.63) is 80.4 Å². The topological polar surface area (TPSA) is 127 Å². The summed E-state index contributed by atoms with van der Waals surface area (Å²) >= 11 is 0. The summed E-state index contributed by atoms with van der Waals surface area (Å²) in [6.07, 6.45) is 0.786. The van der Waals surface area contributed by atoms with E-state index in [0.717, 1.165) is 34.7 Å². The Bertz CT molecular complexity index is 1520. The molecule has 3 aromatic carbocycles. The molecule has 1 aliphatic rings. The van der Waals surface area contributed by atoms with Gasteiger partial charge in [-0.3, -0.25) is 14.1 Å². The van der Waals surface area contributed by atoms with Gasteiger partial charge in [-0.05, 0) is 68.0 Å². The number of hydrogen-bond donors (Lipinski definition) is 3. The third kappa shape index (κ3) is 3.41. The third-order valence-corrected chi connectivity index (χ3v) is 7.77. The molecule has 0 amide bonds. The van der Waals surface area contributed by atoms with E-state index in [2.05, 4.69) is 19.2 Å². The van der Waals surface area contributed by atoms with E-state index in [1.807, 2.05) is 20.8 Å². The van der Waals surface area contributed by atoms with Crippen LogP contribution < -0.4 is 11.1 Å². The lowest BCUT2D eigenvalue weighted by molar-refractivity contribution is 0.0980. The number of nitrogen functional groups attached to an aromatic ring is 1. The Hall–Kier alpha value is -3.49. The van der Waals surface area contributed by atoms with Gasteiger partial charge in [0.2, 0.25) is 0 Å². The van der Waals surface area contributed by atoms with E-state index in [-0.39, 0.29) is 27.9 Å². The summed E-state index contributed by atoms with van der Waals surface area (Å²) in [5, 5.41) is 3.23. The second-order valence-electron chi connectivity index (χ2n) is 8.60. The molecule has 4 rings (SSSR count). The molecule has 0 unspecified atom stereocenters. The normalized spacial score (nSPS) is 13.0. The lowest BCUT2D eigenvalue weighted by atomic mass is 9.82. The highest BCUT2D eigenvalue weighted by Crippen LogP contribution is 2.41. The number of carbonyl (C=O) groups is 2. The molecule has 0 fully saturated rings. The van der Waals surface area contributed by atoms with Crippen LogP contribution in [0.2, 0.25) is 0 Å². The number of hydrogen-bond acceptors (Lipinski definition) is 6. The predicted octanol–water partition coefficient (Wildman–Crippen LogP) is 4.83. The van der Waals surface area contributed by atoms with Crippen molar-refractivity contribution in [2.24, 2.45) is 0 Å². The van der Waals surface area contributed by atoms with Crippen molar-refractivity contribution < 1.29 is 22.6 Å². The Morgan fingerprint density at radius 1 is 0.882 bits per heavy atom. The summed E-state index contributed by atoms with van der Waals surface area (Å²) in [6, 6.07) is 7.45. The largest absolute Gasteiger partial charge is 0.397 e. The number of nitrogens with two attached hydrogens (primary N) is 1. The molecule has 0 saturated carbocycles. The highest BCUT2D eigenvalue weighted by atomic mass is 32.2. The fourth-order valence-electron chi connectivity index (χ4n) is 4.87. The Morgan fingerprint density at radius 3 is 1.97 bits per heavy atom. The molecule has 34 heavy (non-hydrogen) atoms. The highest BCUT2D eigenvalue weighted by molar-refractivity contribution is 7.86. The highest BCUT2D eigenvalue weighted by Gasteiger charge is 2.36. The number of fused-ring (bicyclic) bond motifs is 2. The van der Waals surface area contributed by atoms with Crippen LogP contribution in [-0.2, 0) is 16.5 Å². The quantitative estimate of drug-likeness (QED) is 0.283. The molecule has 4 N–H and O–H groups in total. The van der Waals surface area contributed by atoms with Crippen LogP contribution in [0.15, 0.2) is 35.2 Å². The molecule has 1 aliphatic carbocycles. The first-order chi connectivity index (χ1) is 15.9. The summed E-state index contributed by atoms with van der Waals surface area (Å²) in [5.74, 6) is -1.02. The second kappa shape index (κ2) is 8.07. The summed E-state index contributed by atoms with van der Waals surface area (Å²) in [7, 11) is -4.78. The minimum Gasteiger partial charge on any atom is -0.397 e. The molecular formula is C26H26N2O5S. The second-order valence-corrected chi connectivity index (χ2v) is 9.99.